The summed E-state index contributed by atoms with van der Waals surface area (Å²) in [4.78, 5) is 4.05. The number of aryl methyl sites for hydroxylation is 2. The third-order valence-corrected chi connectivity index (χ3v) is 4.51. The Kier molecular flexibility index (Phi) is 4.83. The lowest BCUT2D eigenvalue weighted by atomic mass is 9.98. The number of aromatic nitrogens is 3. The van der Waals surface area contributed by atoms with Crippen molar-refractivity contribution < 1.29 is 10.2 Å². The fourth-order valence-electron chi connectivity index (χ4n) is 3.23. The quantitative estimate of drug-likeness (QED) is 0.704. The summed E-state index contributed by atoms with van der Waals surface area (Å²) in [7, 11) is 0. The number of imidazole rings is 1. The molecule has 2 aromatic heterocycles. The summed E-state index contributed by atoms with van der Waals surface area (Å²) in [5.74, 6) is 0.0511. The van der Waals surface area contributed by atoms with E-state index in [1.807, 2.05) is 48.2 Å². The van der Waals surface area contributed by atoms with Crippen molar-refractivity contribution in [1.82, 2.24) is 14.1 Å². The molecule has 0 spiro atoms. The zero-order valence-electron chi connectivity index (χ0n) is 15.0. The van der Waals surface area contributed by atoms with Gasteiger partial charge in [0.05, 0.1) is 12.0 Å². The highest BCUT2D eigenvalue weighted by atomic mass is 16.3. The van der Waals surface area contributed by atoms with E-state index in [1.54, 1.807) is 12.5 Å². The molecule has 0 bridgehead atoms. The van der Waals surface area contributed by atoms with Gasteiger partial charge in [-0.3, -0.25) is 0 Å². The standard InChI is InChI=1S/C20H25N3O2/c1-14(2)17-18(16-7-5-15(3)6-8-16)23(20(25)19(17)24)11-4-10-22-12-9-21-13-22/h5-9,12-14,24-25H,4,10-11H2,1-3H3. The van der Waals surface area contributed by atoms with Crippen LogP contribution in [0.2, 0.25) is 0 Å². The van der Waals surface area contributed by atoms with Crippen LogP contribution in [-0.4, -0.2) is 24.3 Å². The predicted molar refractivity (Wildman–Crippen MR) is 98.9 cm³/mol. The Morgan fingerprint density at radius 1 is 1.08 bits per heavy atom. The zero-order chi connectivity index (χ0) is 18.0. The van der Waals surface area contributed by atoms with Crippen molar-refractivity contribution in [1.29, 1.82) is 0 Å². The minimum absolute atomic E-state index is 0.00629. The van der Waals surface area contributed by atoms with E-state index in [0.29, 0.717) is 6.54 Å². The highest BCUT2D eigenvalue weighted by molar-refractivity contribution is 5.71. The van der Waals surface area contributed by atoms with Crippen LogP contribution in [0, 0.1) is 6.92 Å². The van der Waals surface area contributed by atoms with Crippen LogP contribution in [0.25, 0.3) is 11.3 Å². The fraction of sp³-hybridized carbons (Fsp3) is 0.350. The lowest BCUT2D eigenvalue weighted by molar-refractivity contribution is 0.366. The zero-order valence-corrected chi connectivity index (χ0v) is 15.0. The van der Waals surface area contributed by atoms with Gasteiger partial charge in [0.1, 0.15) is 0 Å². The number of aromatic hydroxyl groups is 2. The second kappa shape index (κ2) is 7.05. The monoisotopic (exact) mass is 339 g/mol. The van der Waals surface area contributed by atoms with Crippen LogP contribution in [0.3, 0.4) is 0 Å². The number of rotatable bonds is 6. The summed E-state index contributed by atoms with van der Waals surface area (Å²) in [6.07, 6.45) is 6.29. The number of benzene rings is 1. The van der Waals surface area contributed by atoms with Crippen molar-refractivity contribution in [2.75, 3.05) is 0 Å². The molecule has 0 atom stereocenters. The van der Waals surface area contributed by atoms with Crippen molar-refractivity contribution >= 4 is 0 Å². The summed E-state index contributed by atoms with van der Waals surface area (Å²) in [5.41, 5.74) is 3.88. The van der Waals surface area contributed by atoms with Gasteiger partial charge in [-0.2, -0.15) is 0 Å². The lowest BCUT2D eigenvalue weighted by Gasteiger charge is -2.14. The summed E-state index contributed by atoms with van der Waals surface area (Å²) in [6.45, 7) is 7.53. The Morgan fingerprint density at radius 2 is 1.80 bits per heavy atom. The maximum atomic E-state index is 10.5. The number of hydrogen-bond acceptors (Lipinski definition) is 3. The van der Waals surface area contributed by atoms with Crippen LogP contribution in [0.1, 0.15) is 37.3 Å². The third-order valence-electron chi connectivity index (χ3n) is 4.51. The van der Waals surface area contributed by atoms with E-state index in [-0.39, 0.29) is 17.5 Å². The molecular formula is C20H25N3O2. The Hall–Kier alpha value is -2.69. The normalized spacial score (nSPS) is 11.4. The van der Waals surface area contributed by atoms with Gasteiger partial charge in [-0.05, 0) is 24.8 Å². The van der Waals surface area contributed by atoms with Gasteiger partial charge in [-0.15, -0.1) is 0 Å². The van der Waals surface area contributed by atoms with Crippen molar-refractivity contribution in [3.8, 4) is 22.9 Å². The highest BCUT2D eigenvalue weighted by Crippen LogP contribution is 2.44. The van der Waals surface area contributed by atoms with Crippen LogP contribution < -0.4 is 0 Å². The van der Waals surface area contributed by atoms with E-state index < -0.39 is 0 Å². The van der Waals surface area contributed by atoms with E-state index in [0.717, 1.165) is 29.8 Å². The Morgan fingerprint density at radius 3 is 2.40 bits per heavy atom. The summed E-state index contributed by atoms with van der Waals surface area (Å²) in [6, 6.07) is 8.19. The molecule has 3 aromatic rings. The highest BCUT2D eigenvalue weighted by Gasteiger charge is 2.25. The number of nitrogens with zero attached hydrogens (tertiary/aromatic N) is 3. The SMILES string of the molecule is Cc1ccc(-c2c(C(C)C)c(O)c(O)n2CCCn2ccnc2)cc1. The van der Waals surface area contributed by atoms with Crippen LogP contribution in [0.4, 0.5) is 0 Å². The van der Waals surface area contributed by atoms with Crippen molar-refractivity contribution in [3.05, 3.63) is 54.1 Å². The van der Waals surface area contributed by atoms with Gasteiger partial charge < -0.3 is 19.3 Å². The third kappa shape index (κ3) is 3.40. The molecule has 0 aliphatic heterocycles. The predicted octanol–water partition coefficient (Wildman–Crippen LogP) is 4.28. The Balaban J connectivity index is 1.97. The second-order valence-electron chi connectivity index (χ2n) is 6.76. The van der Waals surface area contributed by atoms with Crippen molar-refractivity contribution in [2.24, 2.45) is 0 Å². The Labute approximate surface area is 148 Å². The summed E-state index contributed by atoms with van der Waals surface area (Å²) >= 11 is 0. The van der Waals surface area contributed by atoms with E-state index in [4.69, 9.17) is 0 Å². The lowest BCUT2D eigenvalue weighted by Crippen LogP contribution is -2.05. The molecule has 132 valence electrons. The maximum Gasteiger partial charge on any atom is 0.235 e. The molecule has 0 unspecified atom stereocenters. The molecule has 2 N–H and O–H groups in total. The first kappa shape index (κ1) is 17.1. The molecule has 0 saturated carbocycles. The molecule has 3 rings (SSSR count). The van der Waals surface area contributed by atoms with Crippen LogP contribution in [0.15, 0.2) is 43.0 Å². The smallest absolute Gasteiger partial charge is 0.235 e. The van der Waals surface area contributed by atoms with Crippen LogP contribution in [-0.2, 0) is 13.1 Å². The summed E-state index contributed by atoms with van der Waals surface area (Å²) < 4.78 is 3.83. The molecule has 5 nitrogen and oxygen atoms in total. The summed E-state index contributed by atoms with van der Waals surface area (Å²) in [5, 5.41) is 21.0. The Bertz CT molecular complexity index is 831. The molecule has 2 heterocycles. The van der Waals surface area contributed by atoms with Gasteiger partial charge in [0.2, 0.25) is 5.88 Å². The molecule has 0 radical (unpaired) electrons. The molecular weight excluding hydrogens is 314 g/mol. The first-order valence-corrected chi connectivity index (χ1v) is 8.66. The molecule has 0 aliphatic rings. The minimum Gasteiger partial charge on any atom is -0.503 e. The van der Waals surface area contributed by atoms with Gasteiger partial charge in [-0.1, -0.05) is 43.7 Å². The largest absolute Gasteiger partial charge is 0.503 e. The molecule has 1 aromatic carbocycles. The topological polar surface area (TPSA) is 63.2 Å². The molecule has 0 aliphatic carbocycles. The van der Waals surface area contributed by atoms with Crippen LogP contribution in [0.5, 0.6) is 11.6 Å². The molecule has 0 saturated heterocycles. The van der Waals surface area contributed by atoms with E-state index in [9.17, 15) is 10.2 Å². The molecule has 0 fully saturated rings. The second-order valence-corrected chi connectivity index (χ2v) is 6.76. The van der Waals surface area contributed by atoms with Gasteiger partial charge in [0, 0.05) is 31.0 Å². The van der Waals surface area contributed by atoms with Crippen molar-refractivity contribution in [3.63, 3.8) is 0 Å². The first-order valence-electron chi connectivity index (χ1n) is 8.66. The van der Waals surface area contributed by atoms with Gasteiger partial charge in [0.25, 0.3) is 0 Å². The maximum absolute atomic E-state index is 10.5. The minimum atomic E-state index is -0.0510. The van der Waals surface area contributed by atoms with Gasteiger partial charge in [0.15, 0.2) is 5.75 Å². The first-order chi connectivity index (χ1) is 12.0. The molecule has 0 amide bonds. The van der Waals surface area contributed by atoms with Gasteiger partial charge in [-0.25, -0.2) is 4.98 Å². The van der Waals surface area contributed by atoms with Crippen molar-refractivity contribution in [2.45, 2.75) is 46.2 Å². The van der Waals surface area contributed by atoms with Crippen LogP contribution >= 0.6 is 0 Å². The molecule has 25 heavy (non-hydrogen) atoms. The van der Waals surface area contributed by atoms with Gasteiger partial charge >= 0.3 is 0 Å². The number of hydrogen-bond donors (Lipinski definition) is 2. The van der Waals surface area contributed by atoms with E-state index in [2.05, 4.69) is 17.1 Å². The van der Waals surface area contributed by atoms with E-state index >= 15 is 0 Å². The average molecular weight is 339 g/mol. The van der Waals surface area contributed by atoms with E-state index in [1.165, 1.54) is 5.56 Å². The average Bonchev–Trinajstić information content (AvgIpc) is 3.17. The fourth-order valence-corrected chi connectivity index (χ4v) is 3.23. The molecule has 5 heteroatoms.